The zero-order valence-corrected chi connectivity index (χ0v) is 20.2. The van der Waals surface area contributed by atoms with Gasteiger partial charge in [0.2, 0.25) is 0 Å². The molecule has 31 heavy (non-hydrogen) atoms. The Morgan fingerprint density at radius 3 is 2.35 bits per heavy atom. The molecule has 0 bridgehead atoms. The third-order valence-electron chi connectivity index (χ3n) is 11.2. The Morgan fingerprint density at radius 1 is 1.00 bits per heavy atom. The van der Waals surface area contributed by atoms with Crippen LogP contribution in [0, 0.1) is 58.2 Å². The van der Waals surface area contributed by atoms with Crippen LogP contribution in [-0.2, 0) is 4.79 Å². The molecule has 5 aliphatic rings. The van der Waals surface area contributed by atoms with Crippen molar-refractivity contribution in [2.45, 2.75) is 104 Å². The van der Waals surface area contributed by atoms with Crippen molar-refractivity contribution in [1.29, 1.82) is 0 Å². The minimum atomic E-state index is -0.861. The second-order valence-corrected chi connectivity index (χ2v) is 13.4. The molecule has 0 aromatic heterocycles. The van der Waals surface area contributed by atoms with Crippen LogP contribution in [0.4, 0.5) is 0 Å². The molecule has 0 saturated heterocycles. The quantitative estimate of drug-likeness (QED) is 0.611. The minimum Gasteiger partial charge on any atom is -0.393 e. The number of ketones is 1. The summed E-state index contributed by atoms with van der Waals surface area (Å²) in [6.45, 7) is 11.2. The van der Waals surface area contributed by atoms with Gasteiger partial charge in [-0.05, 0) is 97.7 Å². The van der Waals surface area contributed by atoms with E-state index in [0.29, 0.717) is 42.8 Å². The van der Waals surface area contributed by atoms with Gasteiger partial charge in [-0.15, -0.1) is 0 Å². The number of aliphatic hydroxyl groups is 3. The highest BCUT2D eigenvalue weighted by molar-refractivity contribution is 5.89. The summed E-state index contributed by atoms with van der Waals surface area (Å²) >= 11 is 0. The van der Waals surface area contributed by atoms with Gasteiger partial charge in [0.1, 0.15) is 5.78 Å². The van der Waals surface area contributed by atoms with Gasteiger partial charge in [-0.25, -0.2) is 0 Å². The van der Waals surface area contributed by atoms with Gasteiger partial charge in [0.25, 0.3) is 0 Å². The van der Waals surface area contributed by atoms with Crippen molar-refractivity contribution in [1.82, 2.24) is 0 Å². The summed E-state index contributed by atoms with van der Waals surface area (Å²) in [7, 11) is 0. The number of aliphatic hydroxyl groups excluding tert-OH is 2. The molecule has 4 heteroatoms. The average molecular weight is 433 g/mol. The largest absolute Gasteiger partial charge is 0.393 e. The van der Waals surface area contributed by atoms with Gasteiger partial charge >= 0.3 is 0 Å². The lowest BCUT2D eigenvalue weighted by Crippen LogP contribution is -2.59. The molecule has 5 aliphatic carbocycles. The number of Topliss-reactive ketones (excluding diaryl/α,β-unsaturated/α-hetero) is 1. The van der Waals surface area contributed by atoms with Gasteiger partial charge in [0, 0.05) is 5.92 Å². The first-order valence-electron chi connectivity index (χ1n) is 13.0. The Kier molecular flexibility index (Phi) is 5.07. The number of carbonyl (C=O) groups is 1. The summed E-state index contributed by atoms with van der Waals surface area (Å²) in [4.78, 5) is 14.2. The highest BCUT2D eigenvalue weighted by atomic mass is 16.3. The summed E-state index contributed by atoms with van der Waals surface area (Å²) in [5.41, 5.74) is -0.901. The Morgan fingerprint density at radius 2 is 1.68 bits per heavy atom. The molecule has 0 aliphatic heterocycles. The van der Waals surface area contributed by atoms with Gasteiger partial charge in [-0.1, -0.05) is 34.6 Å². The Balaban J connectivity index is 1.52. The zero-order valence-electron chi connectivity index (χ0n) is 20.2. The molecule has 3 N–H and O–H groups in total. The predicted molar refractivity (Wildman–Crippen MR) is 120 cm³/mol. The maximum Gasteiger partial charge on any atom is 0.143 e. The standard InChI is InChI=1S/C27H44O4/c1-14(2)12-27(31)13-15(3)21-23(27)24(30)22-17-11-20(29)19-10-16(28)6-8-25(19,4)18(17)7-9-26(21,22)5/h14-23,28-29,31H,6-13H2,1-5H3/t15-,16-,17-,18+,19-,20+,21+,22+,23-,25-,26-,27-/m1/s1. The summed E-state index contributed by atoms with van der Waals surface area (Å²) in [5.74, 6) is 1.89. The molecule has 0 aromatic rings. The lowest BCUT2D eigenvalue weighted by molar-refractivity contribution is -0.175. The lowest BCUT2D eigenvalue weighted by atomic mass is 9.43. The van der Waals surface area contributed by atoms with E-state index in [1.807, 2.05) is 0 Å². The van der Waals surface area contributed by atoms with Crippen molar-refractivity contribution in [3.8, 4) is 0 Å². The van der Waals surface area contributed by atoms with Gasteiger partial charge in [-0.2, -0.15) is 0 Å². The maximum atomic E-state index is 14.2. The fraction of sp³-hybridized carbons (Fsp3) is 0.963. The van der Waals surface area contributed by atoms with E-state index >= 15 is 0 Å². The van der Waals surface area contributed by atoms with Crippen molar-refractivity contribution in [3.63, 3.8) is 0 Å². The van der Waals surface area contributed by atoms with E-state index in [1.165, 1.54) is 0 Å². The fourth-order valence-corrected chi connectivity index (χ4v) is 10.5. The lowest BCUT2D eigenvalue weighted by Gasteiger charge is -2.61. The van der Waals surface area contributed by atoms with Gasteiger partial charge in [0.05, 0.1) is 23.7 Å². The topological polar surface area (TPSA) is 77.8 Å². The van der Waals surface area contributed by atoms with Gasteiger partial charge < -0.3 is 15.3 Å². The predicted octanol–water partition coefficient (Wildman–Crippen LogP) is 4.20. The smallest absolute Gasteiger partial charge is 0.143 e. The zero-order chi connectivity index (χ0) is 22.5. The molecule has 0 spiro atoms. The Labute approximate surface area is 188 Å². The molecular weight excluding hydrogens is 388 g/mol. The first-order valence-corrected chi connectivity index (χ1v) is 13.0. The van der Waals surface area contributed by atoms with Crippen molar-refractivity contribution < 1.29 is 20.1 Å². The molecule has 5 fully saturated rings. The molecule has 12 atom stereocenters. The Hall–Kier alpha value is -0.450. The molecule has 0 heterocycles. The molecule has 0 amide bonds. The van der Waals surface area contributed by atoms with Crippen molar-refractivity contribution >= 4 is 5.78 Å². The first-order chi connectivity index (χ1) is 14.4. The summed E-state index contributed by atoms with van der Waals surface area (Å²) in [6, 6.07) is 0. The van der Waals surface area contributed by atoms with Gasteiger partial charge in [-0.3, -0.25) is 4.79 Å². The number of hydrogen-bond donors (Lipinski definition) is 3. The monoisotopic (exact) mass is 432 g/mol. The average Bonchev–Trinajstić information content (AvgIpc) is 3.06. The summed E-state index contributed by atoms with van der Waals surface area (Å²) < 4.78 is 0. The number of hydrogen-bond acceptors (Lipinski definition) is 4. The maximum absolute atomic E-state index is 14.2. The van der Waals surface area contributed by atoms with E-state index in [-0.39, 0.29) is 46.5 Å². The number of carbonyl (C=O) groups excluding carboxylic acids is 1. The highest BCUT2D eigenvalue weighted by Crippen LogP contribution is 2.71. The summed E-state index contributed by atoms with van der Waals surface area (Å²) in [6.07, 6.45) is 6.09. The van der Waals surface area contributed by atoms with Crippen LogP contribution in [0.15, 0.2) is 0 Å². The second kappa shape index (κ2) is 7.03. The van der Waals surface area contributed by atoms with E-state index in [9.17, 15) is 20.1 Å². The minimum absolute atomic E-state index is 0.0146. The van der Waals surface area contributed by atoms with E-state index < -0.39 is 11.7 Å². The van der Waals surface area contributed by atoms with E-state index in [1.54, 1.807) is 0 Å². The van der Waals surface area contributed by atoms with Crippen LogP contribution in [0.1, 0.15) is 86.0 Å². The van der Waals surface area contributed by atoms with E-state index in [4.69, 9.17) is 0 Å². The van der Waals surface area contributed by atoms with E-state index in [0.717, 1.165) is 32.1 Å². The van der Waals surface area contributed by atoms with Crippen LogP contribution >= 0.6 is 0 Å². The van der Waals surface area contributed by atoms with Crippen LogP contribution in [0.2, 0.25) is 0 Å². The highest BCUT2D eigenvalue weighted by Gasteiger charge is 2.72. The molecule has 0 unspecified atom stereocenters. The van der Waals surface area contributed by atoms with Crippen LogP contribution in [0.3, 0.4) is 0 Å². The third-order valence-corrected chi connectivity index (χ3v) is 11.2. The molecule has 5 saturated carbocycles. The Bertz CT molecular complexity index is 750. The molecule has 4 nitrogen and oxygen atoms in total. The van der Waals surface area contributed by atoms with Crippen molar-refractivity contribution in [2.24, 2.45) is 58.2 Å². The summed E-state index contributed by atoms with van der Waals surface area (Å²) in [5, 5.41) is 33.3. The molecule has 0 aromatic carbocycles. The van der Waals surface area contributed by atoms with Crippen LogP contribution in [0.25, 0.3) is 0 Å². The van der Waals surface area contributed by atoms with Crippen LogP contribution in [0.5, 0.6) is 0 Å². The first kappa shape index (κ1) is 22.3. The molecular formula is C27H44O4. The second-order valence-electron chi connectivity index (χ2n) is 13.4. The third kappa shape index (κ3) is 2.93. The van der Waals surface area contributed by atoms with Crippen molar-refractivity contribution in [2.75, 3.05) is 0 Å². The SMILES string of the molecule is CC(C)C[C@@]1(O)C[C@@H](C)[C@H]2[C@@H]1C(=O)[C@@H]1[C@@H]3C[C@H](O)[C@H]4C[C@H](O)CC[C@]4(C)[C@H]3CC[C@]21C. The number of fused-ring (bicyclic) bond motifs is 7. The molecule has 0 radical (unpaired) electrons. The number of rotatable bonds is 2. The molecule has 176 valence electrons. The molecule has 5 rings (SSSR count). The fourth-order valence-electron chi connectivity index (χ4n) is 10.5. The van der Waals surface area contributed by atoms with Crippen molar-refractivity contribution in [3.05, 3.63) is 0 Å². The van der Waals surface area contributed by atoms with Crippen LogP contribution < -0.4 is 0 Å². The van der Waals surface area contributed by atoms with Crippen LogP contribution in [-0.4, -0.2) is 38.9 Å². The van der Waals surface area contributed by atoms with E-state index in [2.05, 4.69) is 34.6 Å². The van der Waals surface area contributed by atoms with Gasteiger partial charge in [0.15, 0.2) is 0 Å². The normalized spacial score (nSPS) is 58.6.